The quantitative estimate of drug-likeness (QED) is 0.161. The van der Waals surface area contributed by atoms with Gasteiger partial charge in [-0.05, 0) is 94.0 Å². The largest absolute Gasteiger partial charge is 0.494 e. The van der Waals surface area contributed by atoms with E-state index in [0.717, 1.165) is 60.9 Å². The zero-order valence-electron chi connectivity index (χ0n) is 28.8. The van der Waals surface area contributed by atoms with E-state index in [9.17, 15) is 9.90 Å². The summed E-state index contributed by atoms with van der Waals surface area (Å²) >= 11 is 13.4. The molecule has 11 nitrogen and oxygen atoms in total. The summed E-state index contributed by atoms with van der Waals surface area (Å²) in [7, 11) is 3.65. The Hall–Kier alpha value is -4.87. The molecule has 1 aliphatic heterocycles. The van der Waals surface area contributed by atoms with Crippen LogP contribution in [0.15, 0.2) is 36.4 Å². The number of aromatic carboxylic acids is 1. The fourth-order valence-corrected chi connectivity index (χ4v) is 7.72. The van der Waals surface area contributed by atoms with Crippen LogP contribution in [0.4, 0.5) is 5.69 Å². The molecule has 1 amide bonds. The van der Waals surface area contributed by atoms with Gasteiger partial charge in [-0.2, -0.15) is 5.10 Å². The first-order chi connectivity index (χ1) is 23.9. The lowest BCUT2D eigenvalue weighted by Crippen LogP contribution is -2.32. The maximum Gasteiger partial charge on any atom is 0.335 e. The summed E-state index contributed by atoms with van der Waals surface area (Å²) in [6.45, 7) is 9.24. The number of anilines is 1. The zero-order valence-corrected chi connectivity index (χ0v) is 30.3. The van der Waals surface area contributed by atoms with Crippen molar-refractivity contribution in [1.82, 2.24) is 29.3 Å². The number of amides is 1. The molecule has 0 bridgehead atoms. The highest BCUT2D eigenvalue weighted by molar-refractivity contribution is 6.35. The van der Waals surface area contributed by atoms with Crippen molar-refractivity contribution in [2.75, 3.05) is 18.1 Å². The third-order valence-corrected chi connectivity index (χ3v) is 10.6. The van der Waals surface area contributed by atoms with Crippen molar-refractivity contribution in [2.24, 2.45) is 14.1 Å². The predicted octanol–water partition coefficient (Wildman–Crippen LogP) is 7.62. The molecule has 0 saturated carbocycles. The molecule has 3 aromatic heterocycles. The van der Waals surface area contributed by atoms with E-state index >= 15 is 4.79 Å². The van der Waals surface area contributed by atoms with Gasteiger partial charge in [-0.15, -0.1) is 5.10 Å². The van der Waals surface area contributed by atoms with E-state index in [-0.39, 0.29) is 11.5 Å². The van der Waals surface area contributed by atoms with Crippen LogP contribution in [0, 0.1) is 27.7 Å². The van der Waals surface area contributed by atoms with Crippen LogP contribution in [0.2, 0.25) is 10.0 Å². The zero-order chi connectivity index (χ0) is 35.6. The smallest absolute Gasteiger partial charge is 0.335 e. The summed E-state index contributed by atoms with van der Waals surface area (Å²) in [5.41, 5.74) is 9.29. The van der Waals surface area contributed by atoms with Crippen LogP contribution in [-0.4, -0.2) is 59.5 Å². The fraction of sp³-hybridized carbons (Fsp3) is 0.324. The Balaban J connectivity index is 1.39. The number of ether oxygens (including phenoxy) is 1. The van der Waals surface area contributed by atoms with Crippen LogP contribution >= 0.6 is 23.2 Å². The van der Waals surface area contributed by atoms with E-state index in [1.54, 1.807) is 22.7 Å². The molecule has 0 aliphatic carbocycles. The van der Waals surface area contributed by atoms with Gasteiger partial charge in [-0.3, -0.25) is 9.48 Å². The molecular formula is C37H37Cl2N7O4. The van der Waals surface area contributed by atoms with E-state index in [1.165, 1.54) is 6.07 Å². The molecule has 4 heterocycles. The summed E-state index contributed by atoms with van der Waals surface area (Å²) in [5.74, 6) is -0.593. The van der Waals surface area contributed by atoms with Crippen LogP contribution < -0.4 is 9.64 Å². The van der Waals surface area contributed by atoms with Gasteiger partial charge in [0.25, 0.3) is 5.91 Å². The van der Waals surface area contributed by atoms with Crippen molar-refractivity contribution < 1.29 is 19.4 Å². The van der Waals surface area contributed by atoms with Crippen LogP contribution in [-0.2, 0) is 27.1 Å². The average Bonchev–Trinajstić information content (AvgIpc) is 3.64. The molecule has 1 aliphatic rings. The van der Waals surface area contributed by atoms with Gasteiger partial charge in [0.1, 0.15) is 22.5 Å². The Morgan fingerprint density at radius 1 is 0.960 bits per heavy atom. The summed E-state index contributed by atoms with van der Waals surface area (Å²) < 4.78 is 11.7. The second-order valence-corrected chi connectivity index (χ2v) is 13.8. The summed E-state index contributed by atoms with van der Waals surface area (Å²) in [6, 6.07) is 10.8. The van der Waals surface area contributed by atoms with Crippen LogP contribution in [0.1, 0.15) is 61.8 Å². The van der Waals surface area contributed by atoms with Gasteiger partial charge in [0.05, 0.1) is 34.1 Å². The van der Waals surface area contributed by atoms with E-state index in [4.69, 9.17) is 27.9 Å². The van der Waals surface area contributed by atoms with Crippen LogP contribution in [0.5, 0.6) is 5.75 Å². The van der Waals surface area contributed by atoms with Gasteiger partial charge in [-0.25, -0.2) is 9.48 Å². The lowest BCUT2D eigenvalue weighted by atomic mass is 9.98. The Morgan fingerprint density at radius 2 is 1.70 bits per heavy atom. The monoisotopic (exact) mass is 713 g/mol. The van der Waals surface area contributed by atoms with Crippen molar-refractivity contribution in [3.63, 3.8) is 0 Å². The Morgan fingerprint density at radius 3 is 2.38 bits per heavy atom. The van der Waals surface area contributed by atoms with Crippen molar-refractivity contribution in [3.8, 4) is 16.9 Å². The highest BCUT2D eigenvalue weighted by Crippen LogP contribution is 2.43. The molecule has 50 heavy (non-hydrogen) atoms. The topological polar surface area (TPSA) is 120 Å². The number of aromatic nitrogens is 6. The van der Waals surface area contributed by atoms with Gasteiger partial charge in [0.15, 0.2) is 0 Å². The summed E-state index contributed by atoms with van der Waals surface area (Å²) in [4.78, 5) is 28.9. The molecule has 6 aromatic rings. The van der Waals surface area contributed by atoms with Gasteiger partial charge >= 0.3 is 5.97 Å². The number of hydrogen-bond acceptors (Lipinski definition) is 6. The Labute approximate surface area is 298 Å². The summed E-state index contributed by atoms with van der Waals surface area (Å²) in [5, 5.41) is 25.2. The number of fused-ring (bicyclic) bond motifs is 4. The number of carbonyl (C=O) groups is 2. The van der Waals surface area contributed by atoms with Crippen molar-refractivity contribution >= 4 is 62.7 Å². The van der Waals surface area contributed by atoms with E-state index in [0.29, 0.717) is 66.4 Å². The number of carboxylic acids is 1. The molecule has 0 atom stereocenters. The number of aryl methyl sites for hydroxylation is 7. The maximum absolute atomic E-state index is 15.0. The van der Waals surface area contributed by atoms with E-state index in [1.807, 2.05) is 63.7 Å². The van der Waals surface area contributed by atoms with Gasteiger partial charge in [0, 0.05) is 54.4 Å². The van der Waals surface area contributed by atoms with Gasteiger partial charge < -0.3 is 19.3 Å². The second kappa shape index (κ2) is 12.8. The number of halogens is 2. The highest BCUT2D eigenvalue weighted by atomic mass is 35.5. The van der Waals surface area contributed by atoms with Crippen LogP contribution in [0.3, 0.4) is 0 Å². The molecule has 1 N–H and O–H groups in total. The standard InChI is InChI=1S/C37H37Cl2N7O4/c1-19-15-24(16-20(2)32(19)39)50-14-7-9-25-26-10-11-27(38)31(30-21(3)41-43(5)22(30)4)33(26)46-13-8-12-45(36(47)34(25)46)29-18-23(37(48)49)17-28-35(29)44(6)42-40-28/h10-11,15-18H,7-9,12-14H2,1-6H3,(H,48,49). The SMILES string of the molecule is Cc1cc(OCCCc2c3n(c4c(-c5c(C)nn(C)c5C)c(Cl)ccc24)CCCN(c2cc(C(=O)O)cc4nnn(C)c24)C3=O)cc(C)c1Cl. The molecule has 0 saturated heterocycles. The summed E-state index contributed by atoms with van der Waals surface area (Å²) in [6.07, 6.45) is 1.79. The third-order valence-electron chi connectivity index (χ3n) is 9.72. The van der Waals surface area contributed by atoms with Crippen molar-refractivity contribution in [3.05, 3.63) is 85.8 Å². The minimum Gasteiger partial charge on any atom is -0.494 e. The predicted molar refractivity (Wildman–Crippen MR) is 195 cm³/mol. The molecule has 3 aromatic carbocycles. The van der Waals surface area contributed by atoms with E-state index < -0.39 is 5.97 Å². The first kappa shape index (κ1) is 33.6. The fourth-order valence-electron chi connectivity index (χ4n) is 7.36. The first-order valence-electron chi connectivity index (χ1n) is 16.5. The maximum atomic E-state index is 15.0. The van der Waals surface area contributed by atoms with Gasteiger partial charge in [-0.1, -0.05) is 34.5 Å². The first-order valence-corrected chi connectivity index (χ1v) is 17.2. The molecule has 0 unspecified atom stereocenters. The van der Waals surface area contributed by atoms with Gasteiger partial charge in [0.2, 0.25) is 0 Å². The van der Waals surface area contributed by atoms with Crippen LogP contribution in [0.25, 0.3) is 33.1 Å². The average molecular weight is 715 g/mol. The minimum atomic E-state index is -1.11. The number of benzene rings is 3. The van der Waals surface area contributed by atoms with E-state index in [2.05, 4.69) is 20.0 Å². The Bertz CT molecular complexity index is 2350. The number of carbonyl (C=O) groups excluding carboxylic acids is 1. The number of nitrogens with zero attached hydrogens (tertiary/aromatic N) is 7. The highest BCUT2D eigenvalue weighted by Gasteiger charge is 2.34. The lowest BCUT2D eigenvalue weighted by Gasteiger charge is -2.22. The number of carboxylic acid groups (broad SMARTS) is 1. The molecular weight excluding hydrogens is 677 g/mol. The molecule has 7 rings (SSSR count). The third kappa shape index (κ3) is 5.49. The minimum absolute atomic E-state index is 0.0345. The van der Waals surface area contributed by atoms with Crippen molar-refractivity contribution in [1.29, 1.82) is 0 Å². The number of rotatable bonds is 8. The molecule has 0 radical (unpaired) electrons. The second-order valence-electron chi connectivity index (χ2n) is 13.0. The molecule has 0 spiro atoms. The molecule has 258 valence electrons. The Kier molecular flexibility index (Phi) is 8.60. The van der Waals surface area contributed by atoms with Crippen molar-refractivity contribution in [2.45, 2.75) is 53.5 Å². The lowest BCUT2D eigenvalue weighted by molar-refractivity contribution is 0.0696. The number of hydrogen-bond donors (Lipinski definition) is 1. The molecule has 0 fully saturated rings. The normalized spacial score (nSPS) is 13.4. The molecule has 13 heteroatoms.